The Bertz CT molecular complexity index is 2660. The van der Waals surface area contributed by atoms with Gasteiger partial charge in [-0.05, 0) is 127 Å². The highest BCUT2D eigenvalue weighted by Crippen LogP contribution is 2.38. The molecule has 1 aliphatic heterocycles. The lowest BCUT2D eigenvalue weighted by Gasteiger charge is -2.15. The highest BCUT2D eigenvalue weighted by Gasteiger charge is 2.47. The molecule has 59 heavy (non-hydrogen) atoms. The van der Waals surface area contributed by atoms with E-state index in [9.17, 15) is 28.8 Å². The van der Waals surface area contributed by atoms with Gasteiger partial charge in [-0.3, -0.25) is 19.3 Å². The molecule has 0 saturated carbocycles. The minimum atomic E-state index is -0.723. The Kier molecular flexibility index (Phi) is 10.5. The van der Waals surface area contributed by atoms with E-state index < -0.39 is 23.8 Å². The van der Waals surface area contributed by atoms with Crippen LogP contribution in [0.2, 0.25) is 0 Å². The fraction of sp³-hybridized carbons (Fsp3) is 0.106. The first-order chi connectivity index (χ1) is 28.6. The van der Waals surface area contributed by atoms with Crippen LogP contribution in [0.1, 0.15) is 54.3 Å². The number of hydrogen-bond acceptors (Lipinski definition) is 10. The molecule has 0 aromatic heterocycles. The largest absolute Gasteiger partial charge is 0.497 e. The summed E-state index contributed by atoms with van der Waals surface area (Å²) >= 11 is 0. The van der Waals surface area contributed by atoms with Gasteiger partial charge in [-0.1, -0.05) is 36.4 Å². The first-order valence-electron chi connectivity index (χ1n) is 18.6. The second-order valence-corrected chi connectivity index (χ2v) is 13.8. The van der Waals surface area contributed by atoms with Crippen molar-refractivity contribution < 1.29 is 47.7 Å². The molecule has 1 saturated heterocycles. The minimum absolute atomic E-state index is 0.109. The van der Waals surface area contributed by atoms with Gasteiger partial charge in [0.05, 0.1) is 41.3 Å². The van der Waals surface area contributed by atoms with Crippen LogP contribution in [0.3, 0.4) is 0 Å². The summed E-state index contributed by atoms with van der Waals surface area (Å²) in [6.07, 6.45) is 4.90. The van der Waals surface area contributed by atoms with Gasteiger partial charge in [-0.2, -0.15) is 0 Å². The van der Waals surface area contributed by atoms with E-state index >= 15 is 0 Å². The minimum Gasteiger partial charge on any atom is -0.497 e. The zero-order valence-corrected chi connectivity index (χ0v) is 31.5. The average Bonchev–Trinajstić information content (AvgIpc) is 3.52. The third-order valence-electron chi connectivity index (χ3n) is 10.1. The Morgan fingerprint density at radius 1 is 0.525 bits per heavy atom. The lowest BCUT2D eigenvalue weighted by molar-refractivity contribution is -0.122. The maximum atomic E-state index is 13.2. The molecule has 1 aliphatic carbocycles. The van der Waals surface area contributed by atoms with Crippen molar-refractivity contribution in [3.05, 3.63) is 168 Å². The Morgan fingerprint density at radius 2 is 1.03 bits per heavy atom. The molecule has 6 aromatic rings. The third kappa shape index (κ3) is 8.19. The molecular weight excluding hydrogens is 753 g/mol. The van der Waals surface area contributed by atoms with Gasteiger partial charge >= 0.3 is 17.9 Å². The molecular formula is C47H34N2O10. The van der Waals surface area contributed by atoms with Crippen LogP contribution in [0, 0.1) is 11.8 Å². The summed E-state index contributed by atoms with van der Waals surface area (Å²) in [5, 5.41) is 4.55. The molecule has 0 spiro atoms. The smallest absolute Gasteiger partial charge is 0.343 e. The number of allylic oxidation sites excluding steroid dienone is 2. The first-order valence-corrected chi connectivity index (χ1v) is 18.6. The molecule has 2 aliphatic rings. The van der Waals surface area contributed by atoms with Gasteiger partial charge in [0.1, 0.15) is 23.0 Å². The van der Waals surface area contributed by atoms with Gasteiger partial charge in [0.2, 0.25) is 11.8 Å². The van der Waals surface area contributed by atoms with Crippen LogP contribution < -0.4 is 29.2 Å². The number of benzene rings is 6. The molecule has 3 amide bonds. The monoisotopic (exact) mass is 786 g/mol. The van der Waals surface area contributed by atoms with Crippen molar-refractivity contribution in [2.24, 2.45) is 11.8 Å². The first kappa shape index (κ1) is 38.0. The van der Waals surface area contributed by atoms with Crippen molar-refractivity contribution in [1.29, 1.82) is 0 Å². The molecule has 1 fully saturated rings. The lowest BCUT2D eigenvalue weighted by atomic mass is 9.85. The van der Waals surface area contributed by atoms with Gasteiger partial charge in [0.25, 0.3) is 5.91 Å². The molecule has 12 heteroatoms. The molecule has 1 N–H and O–H groups in total. The summed E-state index contributed by atoms with van der Waals surface area (Å²) in [7, 11) is 1.59. The molecule has 8 rings (SSSR count). The number of anilines is 2. The number of methoxy groups -OCH3 is 1. The van der Waals surface area contributed by atoms with E-state index in [4.69, 9.17) is 18.9 Å². The molecule has 12 nitrogen and oxygen atoms in total. The highest BCUT2D eigenvalue weighted by atomic mass is 16.5. The highest BCUT2D eigenvalue weighted by molar-refractivity contribution is 6.22. The van der Waals surface area contributed by atoms with E-state index in [2.05, 4.69) is 5.32 Å². The number of nitrogens with one attached hydrogen (secondary N) is 1. The molecule has 6 aromatic carbocycles. The van der Waals surface area contributed by atoms with E-state index in [-0.39, 0.29) is 57.4 Å². The molecule has 1 heterocycles. The summed E-state index contributed by atoms with van der Waals surface area (Å²) in [6, 6.07) is 35.0. The van der Waals surface area contributed by atoms with Crippen LogP contribution in [-0.2, 0) is 9.59 Å². The summed E-state index contributed by atoms with van der Waals surface area (Å²) < 4.78 is 21.9. The van der Waals surface area contributed by atoms with Crippen molar-refractivity contribution in [2.45, 2.75) is 12.8 Å². The number of nitrogens with zero attached hydrogens (tertiary/aromatic N) is 1. The normalized spacial score (nSPS) is 15.6. The Labute approximate surface area is 337 Å². The van der Waals surface area contributed by atoms with Crippen LogP contribution in [0.25, 0.3) is 10.8 Å². The number of hydrogen-bond donors (Lipinski definition) is 1. The van der Waals surface area contributed by atoms with Crippen LogP contribution in [0.5, 0.6) is 23.0 Å². The number of fused-ring (bicyclic) bond motifs is 2. The second kappa shape index (κ2) is 16.3. The van der Waals surface area contributed by atoms with Gasteiger partial charge in [-0.25, -0.2) is 14.4 Å². The van der Waals surface area contributed by atoms with E-state index in [1.165, 1.54) is 71.6 Å². The summed E-state index contributed by atoms with van der Waals surface area (Å²) in [5.74, 6) is -2.31. The maximum absolute atomic E-state index is 13.2. The van der Waals surface area contributed by atoms with Crippen LogP contribution in [0.15, 0.2) is 146 Å². The summed E-state index contributed by atoms with van der Waals surface area (Å²) in [5.41, 5.74) is 1.43. The van der Waals surface area contributed by atoms with Crippen molar-refractivity contribution in [3.8, 4) is 23.0 Å². The van der Waals surface area contributed by atoms with Crippen molar-refractivity contribution in [3.63, 3.8) is 0 Å². The van der Waals surface area contributed by atoms with E-state index in [1.807, 2.05) is 36.4 Å². The molecule has 292 valence electrons. The van der Waals surface area contributed by atoms with E-state index in [0.717, 1.165) is 16.5 Å². The van der Waals surface area contributed by atoms with Crippen molar-refractivity contribution in [1.82, 2.24) is 0 Å². The number of rotatable bonds is 10. The Morgan fingerprint density at radius 3 is 1.68 bits per heavy atom. The van der Waals surface area contributed by atoms with E-state index in [0.29, 0.717) is 30.0 Å². The zero-order chi connectivity index (χ0) is 41.0. The standard InChI is InChI=1S/C47H34N2O10/c1-56-37-22-16-31-26-39(23-17-30(31)25-37)59-46(54)29-14-20-36(21-15-29)57-47(55)33-7-4-6-32(24-33)42(50)48-34-8-5-9-38(27-34)58-45(53)28-12-18-35(19-13-28)49-43(51)40-10-2-3-11-41(40)44(49)52/h2-9,12-27,40-41H,10-11H2,1H3,(H,48,50). The molecule has 2 atom stereocenters. The molecule has 2 unspecified atom stereocenters. The summed E-state index contributed by atoms with van der Waals surface area (Å²) in [6.45, 7) is 0. The van der Waals surface area contributed by atoms with Crippen LogP contribution in [-0.4, -0.2) is 42.7 Å². The van der Waals surface area contributed by atoms with Gasteiger partial charge in [0, 0.05) is 17.3 Å². The van der Waals surface area contributed by atoms with Gasteiger partial charge in [0.15, 0.2) is 0 Å². The quantitative estimate of drug-likeness (QED) is 0.0622. The number of esters is 3. The Hall–Kier alpha value is -7.86. The SMILES string of the molecule is COc1ccc2cc(OC(=O)c3ccc(OC(=O)c4cccc(C(=O)Nc5cccc(OC(=O)c6ccc(N7C(=O)C8CC=CCC8C7=O)cc6)c5)c4)cc3)ccc2c1. The second-order valence-electron chi connectivity index (χ2n) is 13.8. The number of amides is 3. The predicted molar refractivity (Wildman–Crippen MR) is 217 cm³/mol. The topological polar surface area (TPSA) is 155 Å². The van der Waals surface area contributed by atoms with Crippen molar-refractivity contribution >= 4 is 57.8 Å². The Balaban J connectivity index is 0.850. The average molecular weight is 787 g/mol. The third-order valence-corrected chi connectivity index (χ3v) is 10.1. The summed E-state index contributed by atoms with van der Waals surface area (Å²) in [4.78, 5) is 79.2. The molecule has 0 radical (unpaired) electrons. The van der Waals surface area contributed by atoms with Gasteiger partial charge < -0.3 is 24.3 Å². The molecule has 0 bridgehead atoms. The predicted octanol–water partition coefficient (Wildman–Crippen LogP) is 8.21. The van der Waals surface area contributed by atoms with Crippen molar-refractivity contribution in [2.75, 3.05) is 17.3 Å². The zero-order valence-electron chi connectivity index (χ0n) is 31.5. The maximum Gasteiger partial charge on any atom is 0.343 e. The fourth-order valence-electron chi connectivity index (χ4n) is 6.98. The van der Waals surface area contributed by atoms with Crippen LogP contribution in [0.4, 0.5) is 11.4 Å². The van der Waals surface area contributed by atoms with Crippen LogP contribution >= 0.6 is 0 Å². The fourth-order valence-corrected chi connectivity index (χ4v) is 6.98. The number of ether oxygens (including phenoxy) is 4. The number of carbonyl (C=O) groups is 6. The number of imide groups is 1. The van der Waals surface area contributed by atoms with Gasteiger partial charge in [-0.15, -0.1) is 0 Å². The number of carbonyl (C=O) groups excluding carboxylic acids is 6. The lowest BCUT2D eigenvalue weighted by Crippen LogP contribution is -2.30. The van der Waals surface area contributed by atoms with E-state index in [1.54, 1.807) is 49.6 Å².